The maximum atomic E-state index is 4.52. The molecular formula is C26H43N3. The van der Waals surface area contributed by atoms with Gasteiger partial charge < -0.3 is 10.6 Å². The minimum Gasteiger partial charge on any atom is -0.385 e. The number of nitrogens with zero attached hydrogens (tertiary/aromatic N) is 1. The quantitative estimate of drug-likeness (QED) is 0.339. The van der Waals surface area contributed by atoms with E-state index in [9.17, 15) is 0 Å². The van der Waals surface area contributed by atoms with Crippen LogP contribution in [0.3, 0.4) is 0 Å². The van der Waals surface area contributed by atoms with E-state index in [1.165, 1.54) is 29.7 Å². The average molecular weight is 398 g/mol. The van der Waals surface area contributed by atoms with Gasteiger partial charge in [-0.15, -0.1) is 0 Å². The van der Waals surface area contributed by atoms with Gasteiger partial charge in [-0.25, -0.2) is 0 Å². The van der Waals surface area contributed by atoms with E-state index in [4.69, 9.17) is 0 Å². The van der Waals surface area contributed by atoms with Crippen LogP contribution in [0, 0.1) is 6.92 Å². The molecule has 2 aromatic rings. The van der Waals surface area contributed by atoms with Gasteiger partial charge in [-0.1, -0.05) is 83.0 Å². The molecule has 3 nitrogen and oxygen atoms in total. The molecule has 2 rings (SSSR count). The van der Waals surface area contributed by atoms with E-state index < -0.39 is 0 Å². The number of aliphatic imine (C=N–C) groups is 1. The summed E-state index contributed by atoms with van der Waals surface area (Å²) in [5.41, 5.74) is 4.83. The summed E-state index contributed by atoms with van der Waals surface area (Å²) in [4.78, 5) is 4.52. The van der Waals surface area contributed by atoms with Crippen molar-refractivity contribution in [2.45, 2.75) is 67.3 Å². The maximum absolute atomic E-state index is 4.52. The van der Waals surface area contributed by atoms with Crippen LogP contribution in [0.5, 0.6) is 0 Å². The van der Waals surface area contributed by atoms with Crippen molar-refractivity contribution in [1.82, 2.24) is 5.32 Å². The van der Waals surface area contributed by atoms with E-state index in [1.54, 1.807) is 0 Å². The summed E-state index contributed by atoms with van der Waals surface area (Å²) in [5, 5.41) is 6.87. The summed E-state index contributed by atoms with van der Waals surface area (Å²) in [7, 11) is 0. The largest absolute Gasteiger partial charge is 0.385 e. The third-order valence-corrected chi connectivity index (χ3v) is 3.83. The Morgan fingerprint density at radius 2 is 1.45 bits per heavy atom. The van der Waals surface area contributed by atoms with E-state index in [0.29, 0.717) is 0 Å². The summed E-state index contributed by atoms with van der Waals surface area (Å²) in [6, 6.07) is 17.0. The number of rotatable bonds is 10. The van der Waals surface area contributed by atoms with Crippen molar-refractivity contribution < 1.29 is 0 Å². The second-order valence-corrected chi connectivity index (χ2v) is 6.81. The SMILES string of the molecule is CC.CCC.CCCNCCCNc1ccc(CN=Cc2ccc(C)cc2)cc1. The molecule has 0 aliphatic rings. The molecule has 2 aromatic carbocycles. The van der Waals surface area contributed by atoms with Crippen molar-refractivity contribution in [1.29, 1.82) is 0 Å². The molecule has 0 saturated carbocycles. The Bertz CT molecular complexity index is 615. The molecule has 0 fully saturated rings. The summed E-state index contributed by atoms with van der Waals surface area (Å²) < 4.78 is 0. The molecule has 0 saturated heterocycles. The van der Waals surface area contributed by atoms with Gasteiger partial charge in [-0.3, -0.25) is 4.99 Å². The van der Waals surface area contributed by atoms with Crippen LogP contribution in [-0.4, -0.2) is 25.8 Å². The monoisotopic (exact) mass is 397 g/mol. The fourth-order valence-corrected chi connectivity index (χ4v) is 2.38. The molecule has 0 atom stereocenters. The second kappa shape index (κ2) is 19.2. The van der Waals surface area contributed by atoms with Gasteiger partial charge in [0.15, 0.2) is 0 Å². The van der Waals surface area contributed by atoms with Crippen molar-refractivity contribution in [3.8, 4) is 0 Å². The lowest BCUT2D eigenvalue weighted by molar-refractivity contribution is 0.652. The Morgan fingerprint density at radius 3 is 2.03 bits per heavy atom. The number of anilines is 1. The van der Waals surface area contributed by atoms with Gasteiger partial charge in [-0.2, -0.15) is 0 Å². The predicted molar refractivity (Wildman–Crippen MR) is 132 cm³/mol. The summed E-state index contributed by atoms with van der Waals surface area (Å²) >= 11 is 0. The van der Waals surface area contributed by atoms with Crippen molar-refractivity contribution in [2.24, 2.45) is 4.99 Å². The van der Waals surface area contributed by atoms with Crippen molar-refractivity contribution in [2.75, 3.05) is 25.0 Å². The number of hydrogen-bond donors (Lipinski definition) is 2. The van der Waals surface area contributed by atoms with Crippen molar-refractivity contribution in [3.63, 3.8) is 0 Å². The number of hydrogen-bond acceptors (Lipinski definition) is 3. The Kier molecular flexibility index (Phi) is 17.8. The van der Waals surface area contributed by atoms with Crippen LogP contribution in [0.15, 0.2) is 53.5 Å². The molecule has 3 heteroatoms. The average Bonchev–Trinajstić information content (AvgIpc) is 2.75. The minimum atomic E-state index is 0.717. The zero-order valence-electron chi connectivity index (χ0n) is 19.6. The van der Waals surface area contributed by atoms with Crippen LogP contribution < -0.4 is 10.6 Å². The lowest BCUT2D eigenvalue weighted by Gasteiger charge is -2.07. The molecule has 0 aromatic heterocycles. The van der Waals surface area contributed by atoms with E-state index in [2.05, 4.69) is 91.9 Å². The summed E-state index contributed by atoms with van der Waals surface area (Å²) in [5.74, 6) is 0. The Labute approximate surface area is 180 Å². The first-order chi connectivity index (χ1) is 14.2. The van der Waals surface area contributed by atoms with Gasteiger partial charge in [0, 0.05) is 18.4 Å². The molecule has 2 N–H and O–H groups in total. The molecule has 29 heavy (non-hydrogen) atoms. The fourth-order valence-electron chi connectivity index (χ4n) is 2.38. The van der Waals surface area contributed by atoms with Gasteiger partial charge in [0.1, 0.15) is 0 Å². The standard InChI is InChI=1S/C21H29N3.C3H8.C2H6/c1-3-13-22-14-4-15-24-21-11-9-20(10-12-21)17-23-16-19-7-5-18(2)6-8-19;1-3-2;1-2/h5-12,16,22,24H,3-4,13-15,17H2,1-2H3;3H2,1-2H3;1-2H3. The third kappa shape index (κ3) is 14.5. The normalized spacial score (nSPS) is 10.0. The van der Waals surface area contributed by atoms with Gasteiger partial charge in [0.25, 0.3) is 0 Å². The fraction of sp³-hybridized carbons (Fsp3) is 0.500. The first kappa shape index (κ1) is 26.9. The smallest absolute Gasteiger partial charge is 0.0640 e. The maximum Gasteiger partial charge on any atom is 0.0640 e. The molecule has 0 radical (unpaired) electrons. The predicted octanol–water partition coefficient (Wildman–Crippen LogP) is 6.86. The highest BCUT2D eigenvalue weighted by molar-refractivity contribution is 5.79. The third-order valence-electron chi connectivity index (χ3n) is 3.83. The Hall–Kier alpha value is -2.13. The van der Waals surface area contributed by atoms with E-state index in [-0.39, 0.29) is 0 Å². The van der Waals surface area contributed by atoms with Gasteiger partial charge in [-0.05, 0) is 56.1 Å². The number of nitrogens with one attached hydrogen (secondary N) is 2. The van der Waals surface area contributed by atoms with Crippen LogP contribution in [0.25, 0.3) is 0 Å². The van der Waals surface area contributed by atoms with E-state index >= 15 is 0 Å². The molecule has 0 amide bonds. The topological polar surface area (TPSA) is 36.4 Å². The molecular weight excluding hydrogens is 354 g/mol. The van der Waals surface area contributed by atoms with Crippen LogP contribution in [-0.2, 0) is 6.54 Å². The first-order valence-corrected chi connectivity index (χ1v) is 11.3. The minimum absolute atomic E-state index is 0.717. The molecule has 0 bridgehead atoms. The molecule has 0 aliphatic heterocycles. The van der Waals surface area contributed by atoms with Crippen LogP contribution in [0.1, 0.15) is 70.6 Å². The molecule has 0 aliphatic carbocycles. The molecule has 0 heterocycles. The summed E-state index contributed by atoms with van der Waals surface area (Å²) in [6.45, 7) is 16.4. The van der Waals surface area contributed by atoms with Crippen molar-refractivity contribution >= 4 is 11.9 Å². The van der Waals surface area contributed by atoms with E-state index in [1.807, 2.05) is 20.1 Å². The summed E-state index contributed by atoms with van der Waals surface area (Å²) in [6.07, 6.45) is 5.53. The van der Waals surface area contributed by atoms with Crippen molar-refractivity contribution in [3.05, 3.63) is 65.2 Å². The highest BCUT2D eigenvalue weighted by Gasteiger charge is 1.94. The molecule has 0 spiro atoms. The Morgan fingerprint density at radius 1 is 0.828 bits per heavy atom. The first-order valence-electron chi connectivity index (χ1n) is 11.3. The van der Waals surface area contributed by atoms with Crippen LogP contribution in [0.2, 0.25) is 0 Å². The number of aryl methyl sites for hydroxylation is 1. The Balaban J connectivity index is 0.00000143. The molecule has 162 valence electrons. The highest BCUT2D eigenvalue weighted by Crippen LogP contribution is 2.10. The zero-order chi connectivity index (χ0) is 21.7. The highest BCUT2D eigenvalue weighted by atomic mass is 14.9. The van der Waals surface area contributed by atoms with Gasteiger partial charge in [0.2, 0.25) is 0 Å². The molecule has 0 unspecified atom stereocenters. The van der Waals surface area contributed by atoms with Gasteiger partial charge >= 0.3 is 0 Å². The van der Waals surface area contributed by atoms with E-state index in [0.717, 1.165) is 38.2 Å². The van der Waals surface area contributed by atoms with Gasteiger partial charge in [0.05, 0.1) is 6.54 Å². The zero-order valence-corrected chi connectivity index (χ0v) is 19.6. The van der Waals surface area contributed by atoms with Crippen LogP contribution >= 0.6 is 0 Å². The lowest BCUT2D eigenvalue weighted by Crippen LogP contribution is -2.18. The lowest BCUT2D eigenvalue weighted by atomic mass is 10.2. The second-order valence-electron chi connectivity index (χ2n) is 6.81. The van der Waals surface area contributed by atoms with Crippen LogP contribution in [0.4, 0.5) is 5.69 Å². The number of benzene rings is 2.